The van der Waals surface area contributed by atoms with Crippen LogP contribution in [0.2, 0.25) is 0 Å². The highest BCUT2D eigenvalue weighted by molar-refractivity contribution is 6.11. The van der Waals surface area contributed by atoms with Crippen LogP contribution in [-0.2, 0) is 27.1 Å². The van der Waals surface area contributed by atoms with Crippen LogP contribution in [0.15, 0.2) is 200 Å². The van der Waals surface area contributed by atoms with Crippen LogP contribution in [0.5, 0.6) is 11.5 Å². The van der Waals surface area contributed by atoms with Gasteiger partial charge >= 0.3 is 0 Å². The molecule has 0 fully saturated rings. The zero-order valence-corrected chi connectivity index (χ0v) is 52.5. The number of aromatic nitrogens is 2. The largest absolute Gasteiger partial charge is 0.457 e. The van der Waals surface area contributed by atoms with Crippen molar-refractivity contribution in [2.24, 2.45) is 0 Å². The molecule has 0 spiro atoms. The van der Waals surface area contributed by atoms with E-state index < -0.39 is 0 Å². The summed E-state index contributed by atoms with van der Waals surface area (Å²) >= 11 is 0. The fourth-order valence-electron chi connectivity index (χ4n) is 12.6. The molecule has 85 heavy (non-hydrogen) atoms. The molecule has 2 aliphatic heterocycles. The van der Waals surface area contributed by atoms with Gasteiger partial charge in [-0.25, -0.2) is 4.98 Å². The third kappa shape index (κ3) is 10.2. The Hall–Kier alpha value is -8.67. The summed E-state index contributed by atoms with van der Waals surface area (Å²) in [5, 5.41) is 2.29. The molecule has 426 valence electrons. The first kappa shape index (κ1) is 55.5. The lowest BCUT2D eigenvalue weighted by molar-refractivity contribution is 0.479. The number of benzene rings is 9. The number of para-hydroxylation sites is 2. The summed E-state index contributed by atoms with van der Waals surface area (Å²) in [5.41, 5.74) is 23.8. The minimum Gasteiger partial charge on any atom is -0.457 e. The highest BCUT2D eigenvalue weighted by Gasteiger charge is 2.35. The van der Waals surface area contributed by atoms with Gasteiger partial charge in [0.1, 0.15) is 24.0 Å². The molecule has 5 heteroatoms. The highest BCUT2D eigenvalue weighted by atomic mass is 16.5. The van der Waals surface area contributed by atoms with Gasteiger partial charge in [-0.2, -0.15) is 0 Å². The van der Waals surface area contributed by atoms with Crippen molar-refractivity contribution in [3.05, 3.63) is 228 Å². The van der Waals surface area contributed by atoms with Crippen molar-refractivity contribution >= 4 is 44.6 Å². The minimum atomic E-state index is -0.194. The van der Waals surface area contributed by atoms with Gasteiger partial charge in [-0.3, -0.25) is 4.57 Å². The number of hydrogen-bond donors (Lipinski definition) is 0. The van der Waals surface area contributed by atoms with Crippen molar-refractivity contribution in [3.63, 3.8) is 0 Å². The molecule has 10 bridgehead atoms. The summed E-state index contributed by atoms with van der Waals surface area (Å²) in [4.78, 5) is 10.8. The molecule has 0 amide bonds. The molecule has 0 aliphatic carbocycles. The maximum absolute atomic E-state index is 7.28. The van der Waals surface area contributed by atoms with Crippen molar-refractivity contribution in [1.82, 2.24) is 9.55 Å². The van der Waals surface area contributed by atoms with Gasteiger partial charge in [-0.05, 0) is 167 Å². The van der Waals surface area contributed by atoms with Gasteiger partial charge in [-0.1, -0.05) is 213 Å². The van der Waals surface area contributed by atoms with Gasteiger partial charge in [-0.15, -0.1) is 0 Å². The first-order valence-electron chi connectivity index (χ1n) is 30.4. The quantitative estimate of drug-likeness (QED) is 0.173. The van der Waals surface area contributed by atoms with Crippen LogP contribution in [-0.4, -0.2) is 16.2 Å². The summed E-state index contributed by atoms with van der Waals surface area (Å²) in [6.45, 7) is 35.2. The van der Waals surface area contributed by atoms with Crippen molar-refractivity contribution in [1.29, 1.82) is 0 Å². The lowest BCUT2D eigenvalue weighted by atomic mass is 9.80. The highest BCUT2D eigenvalue weighted by Crippen LogP contribution is 2.54. The van der Waals surface area contributed by atoms with E-state index in [1.165, 1.54) is 66.9 Å². The Morgan fingerprint density at radius 2 is 0.929 bits per heavy atom. The molecule has 9 aromatic carbocycles. The summed E-state index contributed by atoms with van der Waals surface area (Å²) in [5.74, 6) is 2.40. The summed E-state index contributed by atoms with van der Waals surface area (Å²) in [6.07, 6.45) is 0. The van der Waals surface area contributed by atoms with E-state index in [1.807, 2.05) is 0 Å². The van der Waals surface area contributed by atoms with E-state index >= 15 is 0 Å². The molecule has 5 nitrogen and oxygen atoms in total. The Labute approximate surface area is 504 Å². The fourth-order valence-corrected chi connectivity index (χ4v) is 12.6. The average molecular weight is 1110 g/mol. The van der Waals surface area contributed by atoms with Gasteiger partial charge in [0.15, 0.2) is 0 Å². The molecule has 2 aliphatic rings. The number of hydrogen-bond acceptors (Lipinski definition) is 4. The number of nitrogens with zero attached hydrogens (tertiary/aromatic N) is 4. The van der Waals surface area contributed by atoms with E-state index in [2.05, 4.69) is 318 Å². The first-order chi connectivity index (χ1) is 40.2. The molecule has 0 saturated carbocycles. The van der Waals surface area contributed by atoms with Gasteiger partial charge < -0.3 is 14.5 Å². The van der Waals surface area contributed by atoms with Crippen LogP contribution in [0.4, 0.5) is 22.7 Å². The standard InChI is InChI=1S/C80H80N4O/c1-76(2,3)55-33-30-50(31-34-55)51-32-37-70-67(40-51)65-36-35-61-48-73(65)84(70)74-46-59(80(13,14)15)45-69(81-74)54-24-20-22-52(38-54)63-26-16-17-27-64(63)68-44-58(79(10,11)12)43-66(53-23-21-25-56(39-53)77(4,5)6)75(68)83-49-82(71-28-18-19-29-72(71)83)60-41-57(78(7,8)9)42-62(47-60)85-61/h16-48H,49H2,1-15H3. The van der Waals surface area contributed by atoms with E-state index in [-0.39, 0.29) is 27.1 Å². The molecule has 0 saturated heterocycles. The molecular formula is C80H80N4O. The summed E-state index contributed by atoms with van der Waals surface area (Å²) < 4.78 is 9.65. The molecule has 0 atom stereocenters. The van der Waals surface area contributed by atoms with Gasteiger partial charge in [0.05, 0.1) is 33.8 Å². The predicted molar refractivity (Wildman–Crippen MR) is 361 cm³/mol. The maximum Gasteiger partial charge on any atom is 0.138 e. The lowest BCUT2D eigenvalue weighted by Gasteiger charge is -2.31. The van der Waals surface area contributed by atoms with Crippen LogP contribution in [0, 0.1) is 0 Å². The van der Waals surface area contributed by atoms with Gasteiger partial charge in [0, 0.05) is 45.3 Å². The third-order valence-electron chi connectivity index (χ3n) is 17.8. The van der Waals surface area contributed by atoms with Crippen LogP contribution < -0.4 is 14.5 Å². The summed E-state index contributed by atoms with van der Waals surface area (Å²) in [6, 6.07) is 75.5. The van der Waals surface area contributed by atoms with Crippen LogP contribution in [0.25, 0.3) is 83.4 Å². The SMILES string of the molecule is CC(C)(C)c1ccc(-c2ccc3c(c2)c2ccc4cc2n3-c2cc(C(C)(C)C)cc(n2)-c2cccc(c2)-c2ccccc2-c2cc(C(C)(C)C)cc(-c3cccc(C(C)(C)C)c3)c2N2CN(c3cc(cc(C(C)(C)C)c3)O4)c3ccccc32)cc1. The monoisotopic (exact) mass is 1110 g/mol. The van der Waals surface area contributed by atoms with Crippen molar-refractivity contribution < 1.29 is 4.74 Å². The second kappa shape index (κ2) is 20.0. The van der Waals surface area contributed by atoms with Crippen molar-refractivity contribution in [3.8, 4) is 73.1 Å². The number of fused-ring (bicyclic) bond motifs is 23. The minimum absolute atomic E-state index is 0.0537. The number of rotatable bonds is 2. The van der Waals surface area contributed by atoms with Crippen LogP contribution in [0.3, 0.4) is 0 Å². The zero-order valence-electron chi connectivity index (χ0n) is 52.5. The second-order valence-corrected chi connectivity index (χ2v) is 29.1. The molecule has 11 aromatic rings. The molecular weight excluding hydrogens is 1030 g/mol. The van der Waals surface area contributed by atoms with Gasteiger partial charge in [0.2, 0.25) is 0 Å². The molecule has 0 unspecified atom stereocenters. The number of ether oxygens (including phenoxy) is 1. The zero-order chi connectivity index (χ0) is 59.7. The van der Waals surface area contributed by atoms with Crippen LogP contribution in [0.1, 0.15) is 132 Å². The average Bonchev–Trinajstić information content (AvgIpc) is 3.14. The van der Waals surface area contributed by atoms with E-state index in [0.29, 0.717) is 6.67 Å². The Morgan fingerprint density at radius 3 is 1.62 bits per heavy atom. The Balaban J connectivity index is 1.12. The number of pyridine rings is 1. The second-order valence-electron chi connectivity index (χ2n) is 29.1. The fraction of sp³-hybridized carbons (Fsp3) is 0.263. The Kier molecular flexibility index (Phi) is 13.0. The van der Waals surface area contributed by atoms with E-state index in [4.69, 9.17) is 9.72 Å². The third-order valence-corrected chi connectivity index (χ3v) is 17.8. The molecule has 2 aromatic heterocycles. The lowest BCUT2D eigenvalue weighted by Crippen LogP contribution is -2.26. The summed E-state index contributed by atoms with van der Waals surface area (Å²) in [7, 11) is 0. The number of anilines is 4. The van der Waals surface area contributed by atoms with E-state index in [1.54, 1.807) is 0 Å². The Bertz CT molecular complexity index is 4440. The van der Waals surface area contributed by atoms with Crippen LogP contribution >= 0.6 is 0 Å². The van der Waals surface area contributed by atoms with E-state index in [0.717, 1.165) is 78.6 Å². The normalized spacial score (nSPS) is 13.6. The Morgan fingerprint density at radius 1 is 0.341 bits per heavy atom. The first-order valence-corrected chi connectivity index (χ1v) is 30.4. The predicted octanol–water partition coefficient (Wildman–Crippen LogP) is 22.4. The molecule has 0 N–H and O–H groups in total. The molecule has 4 heterocycles. The van der Waals surface area contributed by atoms with Crippen molar-refractivity contribution in [2.75, 3.05) is 16.5 Å². The van der Waals surface area contributed by atoms with Gasteiger partial charge in [0.25, 0.3) is 0 Å². The van der Waals surface area contributed by atoms with E-state index in [9.17, 15) is 0 Å². The topological polar surface area (TPSA) is 33.5 Å². The molecule has 0 radical (unpaired) electrons. The maximum atomic E-state index is 7.28. The molecule has 13 rings (SSSR count). The van der Waals surface area contributed by atoms with Crippen molar-refractivity contribution in [2.45, 2.75) is 131 Å². The smallest absolute Gasteiger partial charge is 0.138 e.